The van der Waals surface area contributed by atoms with Crippen molar-refractivity contribution < 1.29 is 14.3 Å². The maximum absolute atomic E-state index is 13.4. The van der Waals surface area contributed by atoms with Crippen molar-refractivity contribution >= 4 is 22.7 Å². The number of ether oxygens (including phenoxy) is 1. The summed E-state index contributed by atoms with van der Waals surface area (Å²) in [5.41, 5.74) is 3.15. The van der Waals surface area contributed by atoms with Crippen molar-refractivity contribution in [3.8, 4) is 5.75 Å². The molecule has 0 heterocycles. The van der Waals surface area contributed by atoms with Crippen LogP contribution in [-0.4, -0.2) is 28.9 Å². The Hall–Kier alpha value is -3.60. The van der Waals surface area contributed by atoms with Crippen molar-refractivity contribution in [3.63, 3.8) is 0 Å². The zero-order valence-electron chi connectivity index (χ0n) is 21.5. The van der Waals surface area contributed by atoms with Crippen LogP contribution in [0.3, 0.4) is 0 Å². The van der Waals surface area contributed by atoms with Gasteiger partial charge < -0.3 is 10.1 Å². The van der Waals surface area contributed by atoms with Crippen molar-refractivity contribution in [2.75, 3.05) is 0 Å². The lowest BCUT2D eigenvalue weighted by Gasteiger charge is -2.27. The Morgan fingerprint density at radius 1 is 0.944 bits per heavy atom. The summed E-state index contributed by atoms with van der Waals surface area (Å²) in [5.74, 6) is 0.484. The van der Waals surface area contributed by atoms with E-state index < -0.39 is 0 Å². The van der Waals surface area contributed by atoms with Crippen LogP contribution in [0.25, 0.3) is 10.8 Å². The van der Waals surface area contributed by atoms with E-state index in [2.05, 4.69) is 11.4 Å². The second-order valence-electron chi connectivity index (χ2n) is 9.93. The SMILES string of the molecule is CC(CCCCC1=CC1)NC(=O)N(C(=O)c1ccc2cc(OCc3ccccc3)ccc2c1)C(C)C. The highest BCUT2D eigenvalue weighted by Crippen LogP contribution is 2.25. The summed E-state index contributed by atoms with van der Waals surface area (Å²) in [5, 5.41) is 4.93. The Labute approximate surface area is 214 Å². The molecule has 1 N–H and O–H groups in total. The number of unbranched alkanes of at least 4 members (excludes halogenated alkanes) is 1. The van der Waals surface area contributed by atoms with Gasteiger partial charge in [-0.3, -0.25) is 9.69 Å². The van der Waals surface area contributed by atoms with Crippen molar-refractivity contribution in [2.45, 2.75) is 71.6 Å². The smallest absolute Gasteiger partial charge is 0.324 e. The van der Waals surface area contributed by atoms with Crippen LogP contribution in [-0.2, 0) is 6.61 Å². The minimum atomic E-state index is -0.336. The van der Waals surface area contributed by atoms with Crippen LogP contribution in [0.2, 0.25) is 0 Å². The first-order chi connectivity index (χ1) is 17.4. The van der Waals surface area contributed by atoms with Gasteiger partial charge in [0.25, 0.3) is 5.91 Å². The molecule has 3 aromatic carbocycles. The average molecular weight is 485 g/mol. The second-order valence-corrected chi connectivity index (χ2v) is 9.93. The number of rotatable bonds is 11. The van der Waals surface area contributed by atoms with Gasteiger partial charge in [-0.1, -0.05) is 60.5 Å². The van der Waals surface area contributed by atoms with Crippen molar-refractivity contribution in [3.05, 3.63) is 89.5 Å². The van der Waals surface area contributed by atoms with Gasteiger partial charge in [0, 0.05) is 17.6 Å². The summed E-state index contributed by atoms with van der Waals surface area (Å²) < 4.78 is 5.93. The first-order valence-corrected chi connectivity index (χ1v) is 12.9. The molecule has 5 heteroatoms. The number of amides is 3. The molecule has 0 fully saturated rings. The lowest BCUT2D eigenvalue weighted by molar-refractivity contribution is 0.0759. The minimum absolute atomic E-state index is 0.0191. The lowest BCUT2D eigenvalue weighted by Crippen LogP contribution is -2.50. The van der Waals surface area contributed by atoms with Crippen LogP contribution in [0, 0.1) is 0 Å². The molecule has 0 spiro atoms. The number of fused-ring (bicyclic) bond motifs is 1. The number of benzene rings is 3. The summed E-state index contributed by atoms with van der Waals surface area (Å²) in [7, 11) is 0. The topological polar surface area (TPSA) is 58.6 Å². The molecule has 1 atom stereocenters. The molecule has 188 valence electrons. The van der Waals surface area contributed by atoms with E-state index in [0.717, 1.165) is 41.3 Å². The Bertz CT molecular complexity index is 1230. The molecule has 0 saturated carbocycles. The Morgan fingerprint density at radius 3 is 2.39 bits per heavy atom. The fraction of sp³-hybridized carbons (Fsp3) is 0.355. The zero-order valence-corrected chi connectivity index (χ0v) is 21.5. The van der Waals surface area contributed by atoms with Gasteiger partial charge in [-0.15, -0.1) is 0 Å². The summed E-state index contributed by atoms with van der Waals surface area (Å²) in [6.45, 7) is 6.23. The normalized spacial score (nSPS) is 13.3. The van der Waals surface area contributed by atoms with E-state index in [-0.39, 0.29) is 24.0 Å². The summed E-state index contributed by atoms with van der Waals surface area (Å²) in [6.07, 6.45) is 7.73. The van der Waals surface area contributed by atoms with Crippen LogP contribution >= 0.6 is 0 Å². The van der Waals surface area contributed by atoms with Crippen molar-refractivity contribution in [2.24, 2.45) is 0 Å². The molecule has 1 unspecified atom stereocenters. The van der Waals surface area contributed by atoms with Gasteiger partial charge in [0.2, 0.25) is 0 Å². The highest BCUT2D eigenvalue weighted by atomic mass is 16.5. The van der Waals surface area contributed by atoms with E-state index in [4.69, 9.17) is 4.74 Å². The number of hydrogen-bond donors (Lipinski definition) is 1. The average Bonchev–Trinajstić information content (AvgIpc) is 3.70. The predicted molar refractivity (Wildman–Crippen MR) is 145 cm³/mol. The van der Waals surface area contributed by atoms with Crippen molar-refractivity contribution in [1.29, 1.82) is 0 Å². The number of hydrogen-bond acceptors (Lipinski definition) is 3. The number of carbonyl (C=O) groups excluding carboxylic acids is 2. The van der Waals surface area contributed by atoms with E-state index in [1.165, 1.54) is 17.7 Å². The molecule has 0 aromatic heterocycles. The molecular weight excluding hydrogens is 448 g/mol. The molecule has 3 aromatic rings. The van der Waals surface area contributed by atoms with E-state index in [1.807, 2.05) is 81.4 Å². The van der Waals surface area contributed by atoms with E-state index in [1.54, 1.807) is 11.6 Å². The molecule has 3 amide bonds. The maximum atomic E-state index is 13.4. The van der Waals surface area contributed by atoms with Gasteiger partial charge in [-0.25, -0.2) is 4.79 Å². The van der Waals surface area contributed by atoms with Gasteiger partial charge in [0.15, 0.2) is 0 Å². The first kappa shape index (κ1) is 25.5. The van der Waals surface area contributed by atoms with Gasteiger partial charge in [0.1, 0.15) is 12.4 Å². The third-order valence-electron chi connectivity index (χ3n) is 6.51. The molecule has 1 aliphatic carbocycles. The van der Waals surface area contributed by atoms with Crippen LogP contribution in [0.15, 0.2) is 78.4 Å². The Kier molecular flexibility index (Phi) is 8.42. The van der Waals surface area contributed by atoms with Crippen LogP contribution in [0.1, 0.15) is 68.8 Å². The monoisotopic (exact) mass is 484 g/mol. The quantitative estimate of drug-likeness (QED) is 0.230. The standard InChI is InChI=1S/C31H36N2O3/c1-22(2)33(31(35)32-23(3)9-7-8-10-24-13-14-24)30(34)28-16-15-27-20-29(18-17-26(27)19-28)36-21-25-11-5-4-6-12-25/h4-6,11-13,15-20,22-23H,7-10,14,21H2,1-3H3,(H,32,35). The summed E-state index contributed by atoms with van der Waals surface area (Å²) in [6, 6.07) is 20.8. The first-order valence-electron chi connectivity index (χ1n) is 12.9. The molecular formula is C31H36N2O3. The molecule has 36 heavy (non-hydrogen) atoms. The number of nitrogens with zero attached hydrogens (tertiary/aromatic N) is 1. The molecule has 1 aliphatic rings. The highest BCUT2D eigenvalue weighted by Gasteiger charge is 2.26. The third kappa shape index (κ3) is 6.97. The molecule has 5 nitrogen and oxygen atoms in total. The molecule has 4 rings (SSSR count). The second kappa shape index (κ2) is 11.9. The van der Waals surface area contributed by atoms with Crippen molar-refractivity contribution in [1.82, 2.24) is 10.2 Å². The van der Waals surface area contributed by atoms with Gasteiger partial charge >= 0.3 is 6.03 Å². The summed E-state index contributed by atoms with van der Waals surface area (Å²) in [4.78, 5) is 27.7. The lowest BCUT2D eigenvalue weighted by atomic mass is 10.1. The number of urea groups is 1. The van der Waals surface area contributed by atoms with Crippen LogP contribution < -0.4 is 10.1 Å². The molecule has 0 bridgehead atoms. The van der Waals surface area contributed by atoms with Gasteiger partial charge in [0.05, 0.1) is 0 Å². The van der Waals surface area contributed by atoms with E-state index in [0.29, 0.717) is 12.2 Å². The Morgan fingerprint density at radius 2 is 1.67 bits per heavy atom. The fourth-order valence-electron chi connectivity index (χ4n) is 4.32. The molecule has 0 saturated heterocycles. The number of allylic oxidation sites excluding steroid dienone is 2. The summed E-state index contributed by atoms with van der Waals surface area (Å²) >= 11 is 0. The zero-order chi connectivity index (χ0) is 25.5. The largest absolute Gasteiger partial charge is 0.489 e. The third-order valence-corrected chi connectivity index (χ3v) is 6.51. The highest BCUT2D eigenvalue weighted by molar-refractivity contribution is 6.06. The number of carbonyl (C=O) groups is 2. The number of nitrogens with one attached hydrogen (secondary N) is 1. The number of imide groups is 1. The van der Waals surface area contributed by atoms with E-state index in [9.17, 15) is 9.59 Å². The minimum Gasteiger partial charge on any atom is -0.489 e. The van der Waals surface area contributed by atoms with Gasteiger partial charge in [-0.2, -0.15) is 0 Å². The predicted octanol–water partition coefficient (Wildman–Crippen LogP) is 7.26. The van der Waals surface area contributed by atoms with Crippen LogP contribution in [0.5, 0.6) is 5.75 Å². The fourth-order valence-corrected chi connectivity index (χ4v) is 4.32. The maximum Gasteiger partial charge on any atom is 0.324 e. The molecule has 0 radical (unpaired) electrons. The molecule has 0 aliphatic heterocycles. The Balaban J connectivity index is 1.38. The van der Waals surface area contributed by atoms with E-state index >= 15 is 0 Å². The van der Waals surface area contributed by atoms with Crippen LogP contribution in [0.4, 0.5) is 4.79 Å². The van der Waals surface area contributed by atoms with Gasteiger partial charge in [-0.05, 0) is 87.1 Å².